The van der Waals surface area contributed by atoms with Crippen molar-refractivity contribution in [1.29, 1.82) is 0 Å². The summed E-state index contributed by atoms with van der Waals surface area (Å²) < 4.78 is 23.4. The minimum atomic E-state index is -3.32. The molecule has 0 saturated carbocycles. The van der Waals surface area contributed by atoms with Gasteiger partial charge in [-0.05, 0) is 37.6 Å². The third kappa shape index (κ3) is 4.70. The van der Waals surface area contributed by atoms with Crippen molar-refractivity contribution >= 4 is 21.7 Å². The molecule has 1 aromatic carbocycles. The van der Waals surface area contributed by atoms with Gasteiger partial charge in [0, 0.05) is 5.56 Å². The molecule has 0 aliphatic heterocycles. The van der Waals surface area contributed by atoms with Gasteiger partial charge in [-0.3, -0.25) is 4.79 Å². The third-order valence-electron chi connectivity index (χ3n) is 3.07. The van der Waals surface area contributed by atoms with Gasteiger partial charge in [-0.2, -0.15) is 0 Å². The molecular formula is C15H19NO5S. The molecule has 0 heterocycles. The van der Waals surface area contributed by atoms with Crippen LogP contribution in [0.1, 0.15) is 30.6 Å². The Morgan fingerprint density at radius 2 is 1.86 bits per heavy atom. The van der Waals surface area contributed by atoms with Crippen molar-refractivity contribution in [3.63, 3.8) is 0 Å². The van der Waals surface area contributed by atoms with Crippen LogP contribution in [0, 0.1) is 0 Å². The number of hydrogen-bond donors (Lipinski definition) is 2. The molecule has 0 bridgehead atoms. The monoisotopic (exact) mass is 325 g/mol. The molecule has 0 aromatic heterocycles. The van der Waals surface area contributed by atoms with Gasteiger partial charge in [0.05, 0.1) is 10.6 Å². The summed E-state index contributed by atoms with van der Waals surface area (Å²) in [5.41, 5.74) is 0.210. The van der Waals surface area contributed by atoms with Gasteiger partial charge >= 0.3 is 5.97 Å². The topological polar surface area (TPSA) is 101 Å². The van der Waals surface area contributed by atoms with Crippen molar-refractivity contribution < 1.29 is 23.1 Å². The predicted molar refractivity (Wildman–Crippen MR) is 82.5 cm³/mol. The van der Waals surface area contributed by atoms with Crippen LogP contribution in [0.3, 0.4) is 0 Å². The number of sulfone groups is 1. The van der Waals surface area contributed by atoms with Gasteiger partial charge in [-0.15, -0.1) is 0 Å². The van der Waals surface area contributed by atoms with E-state index in [4.69, 9.17) is 5.11 Å². The van der Waals surface area contributed by atoms with Crippen LogP contribution in [0.5, 0.6) is 0 Å². The lowest BCUT2D eigenvalue weighted by molar-refractivity contribution is -0.139. The van der Waals surface area contributed by atoms with Crippen LogP contribution >= 0.6 is 0 Å². The number of hydrogen-bond acceptors (Lipinski definition) is 4. The fraction of sp³-hybridized carbons (Fsp3) is 0.333. The standard InChI is InChI=1S/C15H19NO5S/c1-3-5-6-13(15(18)19)16-14(17)11-7-9-12(10-8-11)22(20,21)4-2/h3,5,7-10,13H,4,6H2,1-2H3,(H,16,17)(H,18,19)/b5-3+. The lowest BCUT2D eigenvalue weighted by Gasteiger charge is -2.12. The number of allylic oxidation sites excluding steroid dienone is 1. The van der Waals surface area contributed by atoms with Gasteiger partial charge in [-0.1, -0.05) is 19.1 Å². The summed E-state index contributed by atoms with van der Waals surface area (Å²) in [6.07, 6.45) is 3.53. The minimum absolute atomic E-state index is 0.0248. The Balaban J connectivity index is 2.87. The molecule has 0 spiro atoms. The molecular weight excluding hydrogens is 306 g/mol. The van der Waals surface area contributed by atoms with Crippen LogP contribution in [-0.4, -0.2) is 37.2 Å². The molecule has 1 unspecified atom stereocenters. The second-order valence-corrected chi connectivity index (χ2v) is 6.88. The summed E-state index contributed by atoms with van der Waals surface area (Å²) in [7, 11) is -3.32. The zero-order valence-electron chi connectivity index (χ0n) is 12.4. The zero-order valence-corrected chi connectivity index (χ0v) is 13.3. The molecule has 120 valence electrons. The summed E-state index contributed by atoms with van der Waals surface area (Å²) in [6, 6.07) is 4.40. The van der Waals surface area contributed by atoms with Crippen LogP contribution in [0.2, 0.25) is 0 Å². The molecule has 0 saturated heterocycles. The van der Waals surface area contributed by atoms with Crippen molar-refractivity contribution in [2.24, 2.45) is 0 Å². The quantitative estimate of drug-likeness (QED) is 0.742. The molecule has 0 aliphatic rings. The summed E-state index contributed by atoms with van der Waals surface area (Å²) in [6.45, 7) is 3.29. The van der Waals surface area contributed by atoms with Gasteiger partial charge in [0.2, 0.25) is 0 Å². The fourth-order valence-corrected chi connectivity index (χ4v) is 2.60. The van der Waals surface area contributed by atoms with Crippen LogP contribution in [-0.2, 0) is 14.6 Å². The predicted octanol–water partition coefficient (Wildman–Crippen LogP) is 1.63. The average Bonchev–Trinajstić information content (AvgIpc) is 2.51. The zero-order chi connectivity index (χ0) is 16.8. The van der Waals surface area contributed by atoms with Gasteiger partial charge in [-0.25, -0.2) is 13.2 Å². The second kappa shape index (κ2) is 7.74. The Bertz CT molecular complexity index is 662. The average molecular weight is 325 g/mol. The number of amides is 1. The molecule has 22 heavy (non-hydrogen) atoms. The van der Waals surface area contributed by atoms with Crippen LogP contribution in [0.4, 0.5) is 0 Å². The van der Waals surface area contributed by atoms with E-state index in [2.05, 4.69) is 5.32 Å². The molecule has 1 atom stereocenters. The first-order chi connectivity index (χ1) is 10.3. The Morgan fingerprint density at radius 1 is 1.27 bits per heavy atom. The maximum absolute atomic E-state index is 12.0. The highest BCUT2D eigenvalue weighted by Crippen LogP contribution is 2.12. The minimum Gasteiger partial charge on any atom is -0.480 e. The smallest absolute Gasteiger partial charge is 0.326 e. The molecule has 1 rings (SSSR count). The number of aliphatic carboxylic acids is 1. The second-order valence-electron chi connectivity index (χ2n) is 4.60. The van der Waals surface area contributed by atoms with Crippen molar-refractivity contribution in [2.45, 2.75) is 31.2 Å². The largest absolute Gasteiger partial charge is 0.480 e. The van der Waals surface area contributed by atoms with Gasteiger partial charge in [0.15, 0.2) is 9.84 Å². The van der Waals surface area contributed by atoms with E-state index < -0.39 is 27.8 Å². The third-order valence-corrected chi connectivity index (χ3v) is 4.82. The Morgan fingerprint density at radius 3 is 2.32 bits per heavy atom. The summed E-state index contributed by atoms with van der Waals surface area (Å²) in [4.78, 5) is 23.2. The van der Waals surface area contributed by atoms with E-state index in [0.717, 1.165) is 0 Å². The number of benzene rings is 1. The van der Waals surface area contributed by atoms with Gasteiger partial charge < -0.3 is 10.4 Å². The van der Waals surface area contributed by atoms with Crippen molar-refractivity contribution in [2.75, 3.05) is 5.75 Å². The number of rotatable bonds is 7. The molecule has 0 aliphatic carbocycles. The lowest BCUT2D eigenvalue weighted by Crippen LogP contribution is -2.40. The first-order valence-corrected chi connectivity index (χ1v) is 8.44. The van der Waals surface area contributed by atoms with Crippen LogP contribution < -0.4 is 5.32 Å². The number of carboxylic acids is 1. The number of carbonyl (C=O) groups excluding carboxylic acids is 1. The van der Waals surface area contributed by atoms with E-state index >= 15 is 0 Å². The number of carbonyl (C=O) groups is 2. The van der Waals surface area contributed by atoms with E-state index in [1.807, 2.05) is 0 Å². The number of carboxylic acid groups (broad SMARTS) is 1. The van der Waals surface area contributed by atoms with Crippen molar-refractivity contribution in [3.8, 4) is 0 Å². The van der Waals surface area contributed by atoms with Crippen molar-refractivity contribution in [3.05, 3.63) is 42.0 Å². The SMILES string of the molecule is C/C=C/CC(NC(=O)c1ccc(S(=O)(=O)CC)cc1)C(=O)O. The van der Waals surface area contributed by atoms with Crippen LogP contribution in [0.25, 0.3) is 0 Å². The summed E-state index contributed by atoms with van der Waals surface area (Å²) in [5, 5.41) is 11.5. The molecule has 2 N–H and O–H groups in total. The Labute approximate surface area is 129 Å². The summed E-state index contributed by atoms with van der Waals surface area (Å²) >= 11 is 0. The maximum Gasteiger partial charge on any atom is 0.326 e. The van der Waals surface area contributed by atoms with E-state index in [0.29, 0.717) is 0 Å². The molecule has 7 heteroatoms. The lowest BCUT2D eigenvalue weighted by atomic mass is 10.1. The highest BCUT2D eigenvalue weighted by molar-refractivity contribution is 7.91. The highest BCUT2D eigenvalue weighted by Gasteiger charge is 2.19. The van der Waals surface area contributed by atoms with E-state index in [1.54, 1.807) is 19.1 Å². The molecule has 1 amide bonds. The van der Waals surface area contributed by atoms with E-state index in [9.17, 15) is 18.0 Å². The molecule has 6 nitrogen and oxygen atoms in total. The Hall–Kier alpha value is -2.15. The van der Waals surface area contributed by atoms with E-state index in [-0.39, 0.29) is 22.6 Å². The molecule has 1 aromatic rings. The van der Waals surface area contributed by atoms with Crippen molar-refractivity contribution in [1.82, 2.24) is 5.32 Å². The molecule has 0 fully saturated rings. The molecule has 0 radical (unpaired) electrons. The summed E-state index contributed by atoms with van der Waals surface area (Å²) in [5.74, 6) is -1.71. The first kappa shape index (κ1) is 17.9. The van der Waals surface area contributed by atoms with Gasteiger partial charge in [0.25, 0.3) is 5.91 Å². The maximum atomic E-state index is 12.0. The van der Waals surface area contributed by atoms with E-state index in [1.165, 1.54) is 31.2 Å². The number of nitrogens with one attached hydrogen (secondary N) is 1. The van der Waals surface area contributed by atoms with Gasteiger partial charge in [0.1, 0.15) is 6.04 Å². The normalized spacial score (nSPS) is 13.0. The van der Waals surface area contributed by atoms with Crippen LogP contribution in [0.15, 0.2) is 41.3 Å². The Kier molecular flexibility index (Phi) is 6.30. The highest BCUT2D eigenvalue weighted by atomic mass is 32.2. The fourth-order valence-electron chi connectivity index (χ4n) is 1.72. The first-order valence-electron chi connectivity index (χ1n) is 6.79.